The number of piperidine rings is 2. The summed E-state index contributed by atoms with van der Waals surface area (Å²) in [7, 11) is -7.49. The van der Waals surface area contributed by atoms with Gasteiger partial charge in [-0.15, -0.1) is 20.3 Å². The minimum Gasteiger partial charge on any atom is -0.399 e. The summed E-state index contributed by atoms with van der Waals surface area (Å²) in [5.74, 6) is 0. The first-order valence-electron chi connectivity index (χ1n) is 46.4. The predicted molar refractivity (Wildman–Crippen MR) is 626 cm³/mol. The van der Waals surface area contributed by atoms with Crippen molar-refractivity contribution in [3.8, 4) is 0 Å². The molecule has 142 heavy (non-hydrogen) atoms. The quantitative estimate of drug-likeness (QED) is 0.0115. The van der Waals surface area contributed by atoms with E-state index in [2.05, 4.69) is 546 Å². The maximum atomic E-state index is 8.36. The molecule has 2 fully saturated rings. The number of nitrogens with zero attached hydrogens (tertiary/aromatic N) is 8. The van der Waals surface area contributed by atoms with E-state index in [1.54, 1.807) is 0 Å². The van der Waals surface area contributed by atoms with E-state index in [0.29, 0.717) is 0 Å². The van der Waals surface area contributed by atoms with E-state index in [9.17, 15) is 0 Å². The van der Waals surface area contributed by atoms with E-state index >= 15 is 0 Å². The molecule has 17 aromatic rings. The molecule has 17 aromatic carbocycles. The number of rotatable bonds is 19. The van der Waals surface area contributed by atoms with E-state index in [1.165, 1.54) is 136 Å². The second kappa shape index (κ2) is 60.6. The molecule has 0 aliphatic carbocycles. The molecular weight excluding hydrogens is 2190 g/mol. The number of aryl methyl sites for hydroxylation is 2. The molecule has 0 atom stereocenters. The van der Waals surface area contributed by atoms with E-state index in [1.807, 2.05) is 48.5 Å². The van der Waals surface area contributed by atoms with Gasteiger partial charge >= 0.3 is 0 Å². The maximum Gasteiger partial charge on any atom is 0.291 e. The summed E-state index contributed by atoms with van der Waals surface area (Å²) in [4.78, 5) is 16.6. The van der Waals surface area contributed by atoms with Crippen molar-refractivity contribution in [1.29, 1.82) is 0 Å². The summed E-state index contributed by atoms with van der Waals surface area (Å²) < 4.78 is 2.45. The average Bonchev–Trinajstić information content (AvgIpc) is 0.744. The predicted octanol–water partition coefficient (Wildman–Crippen LogP) is 26.2. The SMILES string of the molecule is C.C[Si](C)(C)Cl.Cc1ccc([P+](c2ccccc2)(c2ccccc2)c2ccccc2)cc1.Cc1ccc([P+](c2ccccc2)(c2ccccc2)c2ccccc2)cc1.Ic1ccc(N=NN2CCCCC2)cc1.Nc1ccc(I)cc1.O=[N+]([O-])O.O=[N+]([O-])[O-].[Ag].c1ccc(P(c2ccccc2)c2ccccc2)cc1.c1ccc([P+](c2ccccc2)(c2ccccc2)c2ccc(N=NN3CCCCC3)cc2)cc1. The van der Waals surface area contributed by atoms with Crippen molar-refractivity contribution in [2.75, 3.05) is 31.9 Å². The molecule has 2 aliphatic rings. The van der Waals surface area contributed by atoms with Gasteiger partial charge < -0.3 is 26.3 Å². The number of hydrogen-bond acceptors (Lipinski definition) is 10. The number of halogens is 3. The van der Waals surface area contributed by atoms with Gasteiger partial charge in [0.15, 0.2) is 0 Å². The summed E-state index contributed by atoms with van der Waals surface area (Å²) in [6, 6.07) is 174. The molecule has 15 nitrogen and oxygen atoms in total. The van der Waals surface area contributed by atoms with Crippen molar-refractivity contribution in [3.05, 3.63) is 529 Å². The van der Waals surface area contributed by atoms with Gasteiger partial charge in [-0.25, -0.2) is 0 Å². The van der Waals surface area contributed by atoms with Crippen LogP contribution >= 0.6 is 86.0 Å². The van der Waals surface area contributed by atoms with Gasteiger partial charge in [0.2, 0.25) is 0 Å². The molecule has 2 aliphatic heterocycles. The summed E-state index contributed by atoms with van der Waals surface area (Å²) in [6.07, 6.45) is 7.52. The van der Waals surface area contributed by atoms with Gasteiger partial charge in [-0.1, -0.05) is 328 Å². The zero-order valence-electron chi connectivity index (χ0n) is 79.6. The topological polar surface area (TPSA) is 212 Å². The Bertz CT molecular complexity index is 5890. The van der Waals surface area contributed by atoms with Crippen molar-refractivity contribution in [2.45, 2.75) is 79.4 Å². The zero-order valence-corrected chi connectivity index (χ0v) is 90.8. The van der Waals surface area contributed by atoms with Crippen LogP contribution in [0, 0.1) is 46.4 Å². The van der Waals surface area contributed by atoms with E-state index in [0.717, 1.165) is 43.2 Å². The Kier molecular flexibility index (Phi) is 48.5. The minimum atomic E-state index is -2.05. The summed E-state index contributed by atoms with van der Waals surface area (Å²) in [6.45, 7) is 14.7. The van der Waals surface area contributed by atoms with E-state index < -0.39 is 47.3 Å². The van der Waals surface area contributed by atoms with Crippen LogP contribution in [0.2, 0.25) is 19.6 Å². The van der Waals surface area contributed by atoms with Crippen LogP contribution in [0.15, 0.2) is 506 Å². The number of benzene rings is 17. The second-order valence-electron chi connectivity index (χ2n) is 33.5. The monoisotopic (exact) mass is 2310 g/mol. The summed E-state index contributed by atoms with van der Waals surface area (Å²) in [5.41, 5.74) is 10.7. The Morgan fingerprint density at radius 2 is 0.472 bits per heavy atom. The van der Waals surface area contributed by atoms with E-state index in [4.69, 9.17) is 47.5 Å². The van der Waals surface area contributed by atoms with E-state index in [-0.39, 0.29) is 29.8 Å². The van der Waals surface area contributed by atoms with Crippen LogP contribution in [-0.2, 0) is 22.4 Å². The van der Waals surface area contributed by atoms with Crippen molar-refractivity contribution in [3.63, 3.8) is 0 Å². The van der Waals surface area contributed by atoms with Crippen molar-refractivity contribution in [1.82, 2.24) is 10.0 Å². The molecule has 0 spiro atoms. The van der Waals surface area contributed by atoms with Crippen LogP contribution in [0.3, 0.4) is 0 Å². The Hall–Kier alpha value is -11.8. The molecule has 2 heterocycles. The molecule has 3 N–H and O–H groups in total. The first kappa shape index (κ1) is 114. The number of anilines is 1. The fourth-order valence-corrected chi connectivity index (χ4v) is 31.9. The van der Waals surface area contributed by atoms with Gasteiger partial charge in [0.1, 0.15) is 92.8 Å². The van der Waals surface area contributed by atoms with Gasteiger partial charge in [-0.3, -0.25) is 10.0 Å². The molecule has 19 rings (SSSR count). The molecular formula is C118H122AgClI2N9O6P4Si+2. The Morgan fingerprint density at radius 3 is 0.662 bits per heavy atom. The third kappa shape index (κ3) is 34.8. The van der Waals surface area contributed by atoms with Crippen molar-refractivity contribution < 1.29 is 37.8 Å². The van der Waals surface area contributed by atoms with Crippen LogP contribution in [0.1, 0.15) is 57.1 Å². The molecule has 0 bridgehead atoms. The van der Waals surface area contributed by atoms with Crippen molar-refractivity contribution >= 4 is 190 Å². The average molecular weight is 2310 g/mol. The molecule has 0 unspecified atom stereocenters. The summed E-state index contributed by atoms with van der Waals surface area (Å²) >= 11 is 10.2. The molecule has 0 saturated carbocycles. The first-order valence-corrected chi connectivity index (χ1v) is 59.7. The van der Waals surface area contributed by atoms with Gasteiger partial charge in [-0.2, -0.15) is 11.1 Å². The Labute approximate surface area is 890 Å². The molecule has 24 heteroatoms. The van der Waals surface area contributed by atoms with Crippen LogP contribution in [0.5, 0.6) is 0 Å². The van der Waals surface area contributed by atoms with Crippen molar-refractivity contribution in [2.24, 2.45) is 20.7 Å². The Balaban J connectivity index is 0.000000190. The second-order valence-corrected chi connectivity index (χ2v) is 56.0. The van der Waals surface area contributed by atoms with Gasteiger partial charge in [0.05, 0.1) is 16.5 Å². The molecule has 729 valence electrons. The number of nitrogen functional groups attached to an aromatic ring is 1. The smallest absolute Gasteiger partial charge is 0.291 e. The largest absolute Gasteiger partial charge is 0.399 e. The fourth-order valence-electron chi connectivity index (χ4n) is 16.1. The van der Waals surface area contributed by atoms with Crippen LogP contribution in [-0.4, -0.2) is 59.0 Å². The maximum absolute atomic E-state index is 8.36. The zero-order chi connectivity index (χ0) is 99.1. The van der Waals surface area contributed by atoms with Crippen LogP contribution < -0.4 is 85.3 Å². The van der Waals surface area contributed by atoms with Crippen LogP contribution in [0.4, 0.5) is 17.1 Å². The van der Waals surface area contributed by atoms with Crippen LogP contribution in [0.25, 0.3) is 0 Å². The first-order chi connectivity index (χ1) is 68.0. The standard InChI is InChI=1S/C29H29N3P.2C25H22P.C18H15P.C11H14IN3.C6H6IN.C3H9ClSi.CH4.Ag.HNO3.NO3/c1-5-13-26(14-6-1)33(27-15-7-2-8-16-27,28-17-9-3-10-18-28)29-21-19-25(20-22-29)30-31-32-23-11-4-12-24-32;2*1-21-17-19-25(20-18-21)26(22-11-5-2-6-12-22,23-13-7-3-8-14-23)24-15-9-4-10-16-24;1-4-10-16(11-5-1)19(17-12-6-2-7-13-17)18-14-8-3-9-15-18;12-10-4-6-11(7-5-10)13-14-15-8-2-1-3-9-15;7-5-1-3-6(8)4-2-5;1-5(2,3)4;;;2*2-1(3)4/h1-3,5-10,13-22H,4,11-12,23-24H2;2*2-20H,1H3;1-15H;4-7H,1-3,8-9H2;1-4H,8H2;1-3H3;1H4;;(H,2,3,4);/q3*+1;;;;;;;;-1. The molecule has 0 amide bonds. The minimum absolute atomic E-state index is 0. The number of hydrogen-bond donors (Lipinski definition) is 2. The van der Waals surface area contributed by atoms with Gasteiger partial charge in [-0.05, 0) is 328 Å². The van der Waals surface area contributed by atoms with Gasteiger partial charge in [0.25, 0.3) is 5.09 Å². The Morgan fingerprint density at radius 1 is 0.310 bits per heavy atom. The summed E-state index contributed by atoms with van der Waals surface area (Å²) in [5, 5.41) is 70.7. The number of nitrogens with two attached hydrogens (primary N) is 1. The normalized spacial score (nSPS) is 12.0. The molecule has 0 aromatic heterocycles. The molecule has 1 radical (unpaired) electrons. The third-order valence-electron chi connectivity index (χ3n) is 22.3. The third-order valence-corrected chi connectivity index (χ3v) is 39.1. The molecule has 2 saturated heterocycles. The van der Waals surface area contributed by atoms with Gasteiger partial charge in [0, 0.05) is 61.4 Å². The fraction of sp³-hybridized carbons (Fsp3) is 0.136.